The molecule has 0 radical (unpaired) electrons. The Hall–Kier alpha value is -2.82. The highest BCUT2D eigenvalue weighted by molar-refractivity contribution is 7.89. The highest BCUT2D eigenvalue weighted by Crippen LogP contribution is 2.28. The first-order valence-corrected chi connectivity index (χ1v) is 12.0. The first-order valence-electron chi connectivity index (χ1n) is 10.2. The normalized spacial score (nSPS) is 15.0. The van der Waals surface area contributed by atoms with Gasteiger partial charge in [-0.1, -0.05) is 11.6 Å². The molecular formula is C22H25ClN2O7S. The van der Waals surface area contributed by atoms with E-state index >= 15 is 0 Å². The molecule has 0 spiro atoms. The summed E-state index contributed by atoms with van der Waals surface area (Å²) in [5, 5.41) is 2.93. The van der Waals surface area contributed by atoms with E-state index in [4.69, 9.17) is 25.8 Å². The van der Waals surface area contributed by atoms with Gasteiger partial charge in [-0.25, -0.2) is 8.42 Å². The van der Waals surface area contributed by atoms with Gasteiger partial charge in [-0.3, -0.25) is 9.59 Å². The fraction of sp³-hybridized carbons (Fsp3) is 0.364. The van der Waals surface area contributed by atoms with Crippen molar-refractivity contribution in [3.8, 4) is 11.5 Å². The summed E-state index contributed by atoms with van der Waals surface area (Å²) in [6, 6.07) is 10.9. The number of hydrogen-bond acceptors (Lipinski definition) is 7. The molecule has 0 aromatic heterocycles. The number of nitrogens with zero attached hydrogens (tertiary/aromatic N) is 1. The molecule has 0 saturated carbocycles. The first-order chi connectivity index (χ1) is 15.7. The summed E-state index contributed by atoms with van der Waals surface area (Å²) >= 11 is 6.02. The van der Waals surface area contributed by atoms with Crippen molar-refractivity contribution in [3.05, 3.63) is 47.5 Å². The number of amides is 1. The van der Waals surface area contributed by atoms with Crippen LogP contribution in [-0.2, 0) is 24.3 Å². The van der Waals surface area contributed by atoms with E-state index in [-0.39, 0.29) is 18.0 Å². The van der Waals surface area contributed by atoms with Gasteiger partial charge in [-0.05, 0) is 55.3 Å². The molecule has 9 nitrogen and oxygen atoms in total. The number of halogens is 1. The van der Waals surface area contributed by atoms with E-state index in [9.17, 15) is 18.0 Å². The van der Waals surface area contributed by atoms with Crippen LogP contribution in [0.4, 0.5) is 5.69 Å². The van der Waals surface area contributed by atoms with Crippen molar-refractivity contribution in [2.24, 2.45) is 5.92 Å². The van der Waals surface area contributed by atoms with Crippen molar-refractivity contribution >= 4 is 39.2 Å². The standard InChI is InChI=1S/C22H25ClN2O7S/c1-30-17-4-6-18(7-5-17)33(28,29)25-11-9-15(10-12-25)22(27)32-14-21(26)24-16-3-8-20(31-2)19(23)13-16/h3-8,13,15H,9-12,14H2,1-2H3,(H,24,26). The molecule has 1 aliphatic rings. The van der Waals surface area contributed by atoms with Crippen molar-refractivity contribution < 1.29 is 32.2 Å². The topological polar surface area (TPSA) is 111 Å². The summed E-state index contributed by atoms with van der Waals surface area (Å²) in [5.74, 6) is -0.477. The van der Waals surface area contributed by atoms with Crippen LogP contribution in [0.2, 0.25) is 5.02 Å². The number of sulfonamides is 1. The Morgan fingerprint density at radius 2 is 1.73 bits per heavy atom. The number of ether oxygens (including phenoxy) is 3. The summed E-state index contributed by atoms with van der Waals surface area (Å²) < 4.78 is 42.2. The highest BCUT2D eigenvalue weighted by Gasteiger charge is 2.33. The maximum atomic E-state index is 12.8. The lowest BCUT2D eigenvalue weighted by Crippen LogP contribution is -2.40. The Bertz CT molecular complexity index is 1100. The third kappa shape index (κ3) is 6.16. The van der Waals surface area contributed by atoms with E-state index < -0.39 is 34.4 Å². The molecule has 11 heteroatoms. The van der Waals surface area contributed by atoms with E-state index in [0.717, 1.165) is 0 Å². The summed E-state index contributed by atoms with van der Waals surface area (Å²) in [5.41, 5.74) is 0.443. The van der Waals surface area contributed by atoms with Gasteiger partial charge in [0, 0.05) is 18.8 Å². The predicted molar refractivity (Wildman–Crippen MR) is 122 cm³/mol. The molecule has 2 aromatic carbocycles. The van der Waals surface area contributed by atoms with Crippen molar-refractivity contribution in [1.29, 1.82) is 0 Å². The Balaban J connectivity index is 1.47. The number of carbonyl (C=O) groups is 2. The zero-order chi connectivity index (χ0) is 24.0. The SMILES string of the molecule is COc1ccc(S(=O)(=O)N2CCC(C(=O)OCC(=O)Nc3ccc(OC)c(Cl)c3)CC2)cc1. The molecule has 2 aromatic rings. The average molecular weight is 497 g/mol. The molecule has 178 valence electrons. The van der Waals surface area contributed by atoms with Crippen LogP contribution in [0.5, 0.6) is 11.5 Å². The minimum atomic E-state index is -3.66. The second kappa shape index (κ2) is 10.9. The maximum absolute atomic E-state index is 12.8. The number of esters is 1. The van der Waals surface area contributed by atoms with Crippen LogP contribution in [0, 0.1) is 5.92 Å². The second-order valence-electron chi connectivity index (χ2n) is 7.36. The van der Waals surface area contributed by atoms with Crippen LogP contribution in [0.15, 0.2) is 47.4 Å². The lowest BCUT2D eigenvalue weighted by molar-refractivity contribution is -0.152. The lowest BCUT2D eigenvalue weighted by Gasteiger charge is -2.30. The maximum Gasteiger partial charge on any atom is 0.309 e. The van der Waals surface area contributed by atoms with Gasteiger partial charge >= 0.3 is 5.97 Å². The van der Waals surface area contributed by atoms with Gasteiger partial charge in [0.15, 0.2) is 6.61 Å². The van der Waals surface area contributed by atoms with Gasteiger partial charge in [-0.2, -0.15) is 4.31 Å². The highest BCUT2D eigenvalue weighted by atomic mass is 35.5. The van der Waals surface area contributed by atoms with E-state index in [1.807, 2.05) is 0 Å². The monoisotopic (exact) mass is 496 g/mol. The molecule has 1 aliphatic heterocycles. The Kier molecular flexibility index (Phi) is 8.17. The largest absolute Gasteiger partial charge is 0.497 e. The van der Waals surface area contributed by atoms with E-state index in [2.05, 4.69) is 5.32 Å². The number of piperidine rings is 1. The zero-order valence-electron chi connectivity index (χ0n) is 18.2. The Morgan fingerprint density at radius 1 is 1.06 bits per heavy atom. The predicted octanol–water partition coefficient (Wildman–Crippen LogP) is 2.94. The molecular weight excluding hydrogens is 472 g/mol. The first kappa shape index (κ1) is 24.8. The van der Waals surface area contributed by atoms with Crippen molar-refractivity contribution in [2.45, 2.75) is 17.7 Å². The summed E-state index contributed by atoms with van der Waals surface area (Å²) in [6.45, 7) is -0.0812. The van der Waals surface area contributed by atoms with Gasteiger partial charge in [0.1, 0.15) is 11.5 Å². The van der Waals surface area contributed by atoms with E-state index in [1.165, 1.54) is 36.7 Å². The number of nitrogens with one attached hydrogen (secondary N) is 1. The lowest BCUT2D eigenvalue weighted by atomic mass is 9.98. The third-order valence-electron chi connectivity index (χ3n) is 5.27. The molecule has 33 heavy (non-hydrogen) atoms. The van der Waals surface area contributed by atoms with Crippen LogP contribution >= 0.6 is 11.6 Å². The average Bonchev–Trinajstić information content (AvgIpc) is 2.82. The molecule has 1 heterocycles. The number of rotatable bonds is 8. The third-order valence-corrected chi connectivity index (χ3v) is 7.47. The molecule has 1 N–H and O–H groups in total. The van der Waals surface area contributed by atoms with Crippen LogP contribution in [0.25, 0.3) is 0 Å². The van der Waals surface area contributed by atoms with E-state index in [0.29, 0.717) is 35.1 Å². The van der Waals surface area contributed by atoms with Crippen molar-refractivity contribution in [1.82, 2.24) is 4.31 Å². The van der Waals surface area contributed by atoms with Gasteiger partial charge in [0.05, 0.1) is 30.1 Å². The Morgan fingerprint density at radius 3 is 2.30 bits per heavy atom. The molecule has 0 aliphatic carbocycles. The molecule has 1 amide bonds. The minimum absolute atomic E-state index is 0.166. The van der Waals surface area contributed by atoms with E-state index in [1.54, 1.807) is 24.3 Å². The smallest absolute Gasteiger partial charge is 0.309 e. The number of benzene rings is 2. The van der Waals surface area contributed by atoms with Crippen LogP contribution < -0.4 is 14.8 Å². The summed E-state index contributed by atoms with van der Waals surface area (Å²) in [6.07, 6.45) is 0.619. The number of carbonyl (C=O) groups excluding carboxylic acids is 2. The van der Waals surface area contributed by atoms with Gasteiger partial charge in [-0.15, -0.1) is 0 Å². The zero-order valence-corrected chi connectivity index (χ0v) is 19.8. The number of hydrogen-bond donors (Lipinski definition) is 1. The molecule has 0 unspecified atom stereocenters. The van der Waals surface area contributed by atoms with Gasteiger partial charge in [0.2, 0.25) is 10.0 Å². The Labute approximate surface area is 197 Å². The minimum Gasteiger partial charge on any atom is -0.497 e. The molecule has 0 bridgehead atoms. The number of anilines is 1. The second-order valence-corrected chi connectivity index (χ2v) is 9.70. The molecule has 1 saturated heterocycles. The fourth-order valence-corrected chi connectivity index (χ4v) is 5.15. The quantitative estimate of drug-likeness (QED) is 0.559. The molecule has 3 rings (SSSR count). The van der Waals surface area contributed by atoms with Crippen molar-refractivity contribution in [3.63, 3.8) is 0 Å². The van der Waals surface area contributed by atoms with Gasteiger partial charge < -0.3 is 19.5 Å². The molecule has 1 fully saturated rings. The van der Waals surface area contributed by atoms with Crippen LogP contribution in [-0.4, -0.2) is 58.5 Å². The van der Waals surface area contributed by atoms with Crippen molar-refractivity contribution in [2.75, 3.05) is 39.2 Å². The fourth-order valence-electron chi connectivity index (χ4n) is 3.42. The molecule has 0 atom stereocenters. The van der Waals surface area contributed by atoms with Crippen LogP contribution in [0.1, 0.15) is 12.8 Å². The van der Waals surface area contributed by atoms with Gasteiger partial charge in [0.25, 0.3) is 5.91 Å². The number of methoxy groups -OCH3 is 2. The summed E-state index contributed by atoms with van der Waals surface area (Å²) in [4.78, 5) is 24.6. The van der Waals surface area contributed by atoms with Crippen LogP contribution in [0.3, 0.4) is 0 Å². The summed E-state index contributed by atoms with van der Waals surface area (Å²) in [7, 11) is -0.674.